The SMILES string of the molecule is CC[C@H](C)[C@@H]1NC(=O)[C@H](CC(C)C)NC(=O)C2(CCOCC2)NC(=O)CCSCc2cccc(n2)CSC[C@@H](C(=O)NC2CCN(CC(=O)N[C@H](CCC(=O)NCCCC[C@H](O)CO)C(N)=O)CC2)NC1=O. The van der Waals surface area contributed by atoms with Crippen LogP contribution in [0.5, 0.6) is 0 Å². The molecule has 1 aromatic heterocycles. The number of aliphatic hydroxyl groups is 2. The summed E-state index contributed by atoms with van der Waals surface area (Å²) in [6.45, 7) is 8.98. The van der Waals surface area contributed by atoms with Gasteiger partial charge in [-0.25, -0.2) is 0 Å². The minimum Gasteiger partial charge on any atom is -0.394 e. The van der Waals surface area contributed by atoms with Crippen LogP contribution in [0.25, 0.3) is 0 Å². The first kappa shape index (κ1) is 60.0. The third-order valence-corrected chi connectivity index (χ3v) is 15.2. The van der Waals surface area contributed by atoms with Crippen molar-refractivity contribution >= 4 is 70.8 Å². The van der Waals surface area contributed by atoms with E-state index in [0.717, 1.165) is 11.4 Å². The van der Waals surface area contributed by atoms with Gasteiger partial charge in [-0.1, -0.05) is 40.2 Å². The van der Waals surface area contributed by atoms with Crippen molar-refractivity contribution in [3.05, 3.63) is 29.6 Å². The van der Waals surface area contributed by atoms with E-state index in [1.165, 1.54) is 11.8 Å². The van der Waals surface area contributed by atoms with Gasteiger partial charge in [0.25, 0.3) is 0 Å². The average Bonchev–Trinajstić information content (AvgIpc) is 3.35. The Morgan fingerprint density at radius 1 is 0.944 bits per heavy atom. The first-order valence-corrected chi connectivity index (χ1v) is 27.8. The fraction of sp³-hybridized carbons (Fsp3) is 0.735. The summed E-state index contributed by atoms with van der Waals surface area (Å²) in [5.74, 6) is -2.51. The molecule has 0 unspecified atom stereocenters. The third-order valence-electron chi connectivity index (χ3n) is 13.2. The van der Waals surface area contributed by atoms with Crippen LogP contribution in [0, 0.1) is 11.8 Å². The number of thioether (sulfide) groups is 2. The molecule has 1 aromatic rings. The van der Waals surface area contributed by atoms with Crippen LogP contribution < -0.4 is 43.0 Å². The molecule has 2 bridgehead atoms. The van der Waals surface area contributed by atoms with Gasteiger partial charge in [-0.2, -0.15) is 23.5 Å². The highest BCUT2D eigenvalue weighted by molar-refractivity contribution is 7.98. The number of rotatable bonds is 19. The molecule has 0 radical (unpaired) electrons. The van der Waals surface area contributed by atoms with Gasteiger partial charge in [0.1, 0.15) is 29.7 Å². The lowest BCUT2D eigenvalue weighted by Gasteiger charge is -2.38. The molecule has 21 nitrogen and oxygen atoms in total. The number of aromatic nitrogens is 1. The van der Waals surface area contributed by atoms with Crippen molar-refractivity contribution in [1.82, 2.24) is 47.1 Å². The Labute approximate surface area is 432 Å². The summed E-state index contributed by atoms with van der Waals surface area (Å²) >= 11 is 2.97. The molecule has 11 N–H and O–H groups in total. The van der Waals surface area contributed by atoms with E-state index in [0.29, 0.717) is 75.4 Å². The number of nitrogens with zero attached hydrogens (tertiary/aromatic N) is 2. The summed E-state index contributed by atoms with van der Waals surface area (Å²) in [6.07, 6.45) is 3.22. The largest absolute Gasteiger partial charge is 0.394 e. The Bertz CT molecular complexity index is 1950. The number of carbonyl (C=O) groups is 8. The van der Waals surface area contributed by atoms with Gasteiger partial charge in [-0.3, -0.25) is 48.2 Å². The maximum absolute atomic E-state index is 14.4. The van der Waals surface area contributed by atoms with Gasteiger partial charge in [0.15, 0.2) is 0 Å². The molecule has 8 amide bonds. The fourth-order valence-electron chi connectivity index (χ4n) is 8.62. The van der Waals surface area contributed by atoms with E-state index in [2.05, 4.69) is 37.2 Å². The molecular weight excluding hydrogens is 969 g/mol. The van der Waals surface area contributed by atoms with Gasteiger partial charge in [-0.05, 0) is 68.9 Å². The normalized spacial score (nSPS) is 22.6. The number of ether oxygens (including phenoxy) is 1. The van der Waals surface area contributed by atoms with Crippen molar-refractivity contribution in [1.29, 1.82) is 0 Å². The van der Waals surface area contributed by atoms with E-state index in [1.807, 2.05) is 50.8 Å². The Balaban J connectivity index is 1.43. The van der Waals surface area contributed by atoms with Crippen LogP contribution in [0.2, 0.25) is 0 Å². The molecule has 6 atom stereocenters. The Hall–Kier alpha value is -4.55. The van der Waals surface area contributed by atoms with Crippen LogP contribution in [0.15, 0.2) is 18.2 Å². The minimum atomic E-state index is -1.28. The summed E-state index contributed by atoms with van der Waals surface area (Å²) in [7, 11) is 0. The van der Waals surface area contributed by atoms with Crippen LogP contribution in [0.3, 0.4) is 0 Å². The maximum Gasteiger partial charge on any atom is 0.246 e. The highest BCUT2D eigenvalue weighted by Crippen LogP contribution is 2.24. The lowest BCUT2D eigenvalue weighted by atomic mass is 9.87. The number of nitrogens with two attached hydrogens (primary N) is 1. The predicted molar refractivity (Wildman–Crippen MR) is 275 cm³/mol. The summed E-state index contributed by atoms with van der Waals surface area (Å²) in [6, 6.07) is 1.28. The number of primary amides is 1. The van der Waals surface area contributed by atoms with Crippen LogP contribution >= 0.6 is 23.5 Å². The molecule has 404 valence electrons. The molecule has 3 aliphatic rings. The zero-order valence-corrected chi connectivity index (χ0v) is 44.1. The monoisotopic (exact) mass is 1050 g/mol. The van der Waals surface area contributed by atoms with Gasteiger partial charge in [0.05, 0.1) is 30.6 Å². The number of likely N-dealkylation sites (tertiary alicyclic amines) is 1. The molecule has 3 aliphatic heterocycles. The summed E-state index contributed by atoms with van der Waals surface area (Å²) in [4.78, 5) is 115. The summed E-state index contributed by atoms with van der Waals surface area (Å²) in [5, 5.41) is 38.7. The number of carbonyl (C=O) groups excluding carboxylic acids is 8. The van der Waals surface area contributed by atoms with Crippen molar-refractivity contribution < 1.29 is 53.3 Å². The van der Waals surface area contributed by atoms with E-state index in [1.54, 1.807) is 11.8 Å². The van der Waals surface area contributed by atoms with E-state index < -0.39 is 71.3 Å². The summed E-state index contributed by atoms with van der Waals surface area (Å²) in [5.41, 5.74) is 5.88. The molecule has 0 saturated carbocycles. The first-order valence-electron chi connectivity index (χ1n) is 25.5. The highest BCUT2D eigenvalue weighted by Gasteiger charge is 2.43. The second kappa shape index (κ2) is 31.2. The number of fused-ring (bicyclic) bond motifs is 2. The zero-order chi connectivity index (χ0) is 52.6. The lowest BCUT2D eigenvalue weighted by Crippen LogP contribution is -2.65. The highest BCUT2D eigenvalue weighted by atomic mass is 32.2. The topological polar surface area (TPSA) is 313 Å². The molecule has 2 fully saturated rings. The van der Waals surface area contributed by atoms with Crippen molar-refractivity contribution in [3.63, 3.8) is 0 Å². The van der Waals surface area contributed by atoms with Gasteiger partial charge >= 0.3 is 0 Å². The van der Waals surface area contributed by atoms with Crippen LogP contribution in [-0.4, -0.2) is 167 Å². The fourth-order valence-corrected chi connectivity index (χ4v) is 10.4. The number of unbranched alkanes of at least 4 members (excludes halogenated alkanes) is 1. The van der Waals surface area contributed by atoms with E-state index in [9.17, 15) is 43.5 Å². The minimum absolute atomic E-state index is 0.0165. The molecule has 1 spiro atoms. The number of amides is 8. The molecular formula is C49H80N10O11S2. The molecule has 23 heteroatoms. The quantitative estimate of drug-likeness (QED) is 0.0825. The number of nitrogens with one attached hydrogen (secondary N) is 7. The van der Waals surface area contributed by atoms with Crippen molar-refractivity contribution in [2.75, 3.05) is 57.5 Å². The van der Waals surface area contributed by atoms with Gasteiger partial charge < -0.3 is 57.9 Å². The number of piperidine rings is 1. The van der Waals surface area contributed by atoms with Gasteiger partial charge in [0, 0.05) is 87.6 Å². The third kappa shape index (κ3) is 20.8. The standard InChI is InChI=1S/C49H80N10O11S2/c1-5-32(4)43-47(68)55-39(46(67)53-33-14-20-59(21-15-33)26-42(64)54-37(44(50)65)12-13-40(62)51-19-7-6-11-36(61)27-60)30-72-29-35-10-8-9-34(52-35)28-71-24-16-41(63)58-49(17-22-70-23-18-49)48(69)56-38(25-31(2)3)45(66)57-43/h8-10,31-33,36-39,43,60-61H,5-7,11-30H2,1-4H3,(H2,50,65)(H,51,62)(H,53,67)(H,54,64)(H,55,68)(H,56,69)(H,57,66)(H,58,63)/t32-,36-,37+,38-,39-,43-/m0/s1. The van der Waals surface area contributed by atoms with E-state index in [-0.39, 0.29) is 100 Å². The second-order valence-electron chi connectivity index (χ2n) is 19.6. The van der Waals surface area contributed by atoms with Crippen molar-refractivity contribution in [2.24, 2.45) is 17.6 Å². The predicted octanol–water partition coefficient (Wildman–Crippen LogP) is 0.134. The van der Waals surface area contributed by atoms with Crippen LogP contribution in [0.1, 0.15) is 116 Å². The first-order chi connectivity index (χ1) is 34.4. The van der Waals surface area contributed by atoms with E-state index in [4.69, 9.17) is 20.6 Å². The van der Waals surface area contributed by atoms with Crippen molar-refractivity contribution in [2.45, 2.75) is 158 Å². The van der Waals surface area contributed by atoms with Gasteiger partial charge in [0.2, 0.25) is 47.3 Å². The molecule has 2 saturated heterocycles. The molecule has 4 heterocycles. The Morgan fingerprint density at radius 3 is 2.29 bits per heavy atom. The molecule has 4 rings (SSSR count). The zero-order valence-electron chi connectivity index (χ0n) is 42.5. The Kier molecular flexibility index (Phi) is 26.0. The van der Waals surface area contributed by atoms with Crippen LogP contribution in [0.4, 0.5) is 0 Å². The number of aliphatic hydroxyl groups excluding tert-OH is 2. The maximum atomic E-state index is 14.4. The van der Waals surface area contributed by atoms with Crippen LogP contribution in [-0.2, 0) is 54.6 Å². The average molecular weight is 1050 g/mol. The lowest BCUT2D eigenvalue weighted by molar-refractivity contribution is -0.140. The Morgan fingerprint density at radius 2 is 1.64 bits per heavy atom. The molecule has 0 aromatic carbocycles. The molecule has 72 heavy (non-hydrogen) atoms. The number of hydrogen-bond acceptors (Lipinski definition) is 15. The van der Waals surface area contributed by atoms with Crippen molar-refractivity contribution in [3.8, 4) is 0 Å². The number of pyridine rings is 1. The molecule has 0 aliphatic carbocycles. The van der Waals surface area contributed by atoms with Gasteiger partial charge in [-0.15, -0.1) is 0 Å². The summed E-state index contributed by atoms with van der Waals surface area (Å²) < 4.78 is 5.58. The second-order valence-corrected chi connectivity index (χ2v) is 21.7. The smallest absolute Gasteiger partial charge is 0.246 e. The van der Waals surface area contributed by atoms with E-state index >= 15 is 0 Å². The number of hydrogen-bond donors (Lipinski definition) is 10.